The van der Waals surface area contributed by atoms with Gasteiger partial charge in [0.2, 0.25) is 0 Å². The maximum Gasteiger partial charge on any atom is 0.267 e. The Kier molecular flexibility index (Phi) is 5.56. The van der Waals surface area contributed by atoms with Crippen molar-refractivity contribution in [1.82, 2.24) is 4.98 Å². The first-order valence-electron chi connectivity index (χ1n) is 9.01. The Hall–Kier alpha value is -3.17. The minimum absolute atomic E-state index is 0.171. The molecule has 2 aromatic heterocycles. The Bertz CT molecular complexity index is 1270. The Labute approximate surface area is 177 Å². The molecule has 30 heavy (non-hydrogen) atoms. The Morgan fingerprint density at radius 3 is 2.63 bits per heavy atom. The van der Waals surface area contributed by atoms with Gasteiger partial charge < -0.3 is 9.15 Å². The second kappa shape index (κ2) is 8.29. The number of thiazole rings is 1. The lowest BCUT2D eigenvalue weighted by Crippen LogP contribution is -2.34. The topological polar surface area (TPSA) is 89.7 Å². The number of ether oxygens (including phenoxy) is 1. The van der Waals surface area contributed by atoms with Crippen molar-refractivity contribution in [2.75, 3.05) is 17.8 Å². The van der Waals surface area contributed by atoms with Gasteiger partial charge in [-0.15, -0.1) is 0 Å². The van der Waals surface area contributed by atoms with E-state index in [1.54, 1.807) is 36.4 Å². The third kappa shape index (κ3) is 4.52. The lowest BCUT2D eigenvalue weighted by molar-refractivity contribution is -0.120. The van der Waals surface area contributed by atoms with E-state index in [4.69, 9.17) is 9.15 Å². The van der Waals surface area contributed by atoms with Crippen LogP contribution in [0.2, 0.25) is 0 Å². The van der Waals surface area contributed by atoms with E-state index < -0.39 is 9.84 Å². The van der Waals surface area contributed by atoms with Gasteiger partial charge in [-0.05, 0) is 42.5 Å². The molecule has 2 heterocycles. The SMILES string of the molecule is CS(=O)(=O)c1ccc2nc(N(Cc3ccco3)C(=O)COc3ccccc3)sc2c1. The molecule has 154 valence electrons. The van der Waals surface area contributed by atoms with Crippen LogP contribution in [0.1, 0.15) is 5.76 Å². The summed E-state index contributed by atoms with van der Waals surface area (Å²) >= 11 is 1.24. The maximum absolute atomic E-state index is 13.0. The lowest BCUT2D eigenvalue weighted by atomic mass is 10.3. The summed E-state index contributed by atoms with van der Waals surface area (Å²) in [4.78, 5) is 19.2. The van der Waals surface area contributed by atoms with Crippen LogP contribution in [0, 0.1) is 0 Å². The number of para-hydroxylation sites is 1. The highest BCUT2D eigenvalue weighted by molar-refractivity contribution is 7.90. The molecule has 0 aliphatic rings. The molecule has 0 bridgehead atoms. The fourth-order valence-corrected chi connectivity index (χ4v) is 4.54. The van der Waals surface area contributed by atoms with Crippen molar-refractivity contribution in [1.29, 1.82) is 0 Å². The van der Waals surface area contributed by atoms with Gasteiger partial charge in [-0.3, -0.25) is 9.69 Å². The Morgan fingerprint density at radius 2 is 1.93 bits per heavy atom. The zero-order valence-electron chi connectivity index (χ0n) is 16.0. The number of carbonyl (C=O) groups is 1. The van der Waals surface area contributed by atoms with Crippen LogP contribution in [0.3, 0.4) is 0 Å². The van der Waals surface area contributed by atoms with Gasteiger partial charge in [-0.2, -0.15) is 0 Å². The summed E-state index contributed by atoms with van der Waals surface area (Å²) in [5.74, 6) is 0.891. The van der Waals surface area contributed by atoms with Gasteiger partial charge in [0.05, 0.1) is 27.9 Å². The number of amides is 1. The van der Waals surface area contributed by atoms with Crippen LogP contribution < -0.4 is 9.64 Å². The number of rotatable bonds is 7. The smallest absolute Gasteiger partial charge is 0.267 e. The predicted octanol–water partition coefficient (Wildman–Crippen LogP) is 3.91. The van der Waals surface area contributed by atoms with Crippen LogP contribution in [-0.2, 0) is 21.2 Å². The van der Waals surface area contributed by atoms with Crippen molar-refractivity contribution in [2.45, 2.75) is 11.4 Å². The number of carbonyl (C=O) groups excluding carboxylic acids is 1. The molecule has 0 spiro atoms. The zero-order chi connectivity index (χ0) is 21.1. The van der Waals surface area contributed by atoms with Gasteiger partial charge in [0.15, 0.2) is 21.6 Å². The van der Waals surface area contributed by atoms with Crippen LogP contribution in [0.5, 0.6) is 5.75 Å². The zero-order valence-corrected chi connectivity index (χ0v) is 17.7. The normalized spacial score (nSPS) is 11.5. The molecule has 0 aliphatic heterocycles. The van der Waals surface area contributed by atoms with Gasteiger partial charge in [0, 0.05) is 6.26 Å². The molecule has 9 heteroatoms. The number of benzene rings is 2. The van der Waals surface area contributed by atoms with Crippen molar-refractivity contribution in [2.24, 2.45) is 0 Å². The molecule has 0 fully saturated rings. The first-order chi connectivity index (χ1) is 14.4. The van der Waals surface area contributed by atoms with E-state index in [-0.39, 0.29) is 24.0 Å². The molecule has 0 aliphatic carbocycles. The molecular formula is C21H18N2O5S2. The summed E-state index contributed by atoms with van der Waals surface area (Å²) < 4.78 is 35.4. The highest BCUT2D eigenvalue weighted by atomic mass is 32.2. The molecule has 4 aromatic rings. The van der Waals surface area contributed by atoms with Crippen molar-refractivity contribution >= 4 is 42.4 Å². The molecule has 1 amide bonds. The van der Waals surface area contributed by atoms with E-state index in [1.807, 2.05) is 18.2 Å². The Morgan fingerprint density at radius 1 is 1.13 bits per heavy atom. The fourth-order valence-electron chi connectivity index (χ4n) is 2.80. The lowest BCUT2D eigenvalue weighted by Gasteiger charge is -2.19. The van der Waals surface area contributed by atoms with Gasteiger partial charge in [0.1, 0.15) is 11.5 Å². The number of hydrogen-bond acceptors (Lipinski definition) is 7. The van der Waals surface area contributed by atoms with E-state index in [9.17, 15) is 13.2 Å². The fraction of sp³-hybridized carbons (Fsp3) is 0.143. The van der Waals surface area contributed by atoms with E-state index in [1.165, 1.54) is 28.6 Å². The summed E-state index contributed by atoms with van der Waals surface area (Å²) in [6.07, 6.45) is 2.69. The number of nitrogens with zero attached hydrogens (tertiary/aromatic N) is 2. The quantitative estimate of drug-likeness (QED) is 0.431. The molecule has 0 saturated heterocycles. The van der Waals surface area contributed by atoms with Gasteiger partial charge in [-0.25, -0.2) is 13.4 Å². The summed E-state index contributed by atoms with van der Waals surface area (Å²) in [5.41, 5.74) is 0.614. The standard InChI is InChI=1S/C21H18N2O5S2/c1-30(25,26)17-9-10-18-19(12-17)29-21(22-18)23(13-16-8-5-11-27-16)20(24)14-28-15-6-3-2-4-7-15/h2-12H,13-14H2,1H3. The van der Waals surface area contributed by atoms with E-state index in [0.29, 0.717) is 26.9 Å². The van der Waals surface area contributed by atoms with Crippen molar-refractivity contribution in [3.8, 4) is 5.75 Å². The van der Waals surface area contributed by atoms with Crippen LogP contribution in [0.4, 0.5) is 5.13 Å². The number of fused-ring (bicyclic) bond motifs is 1. The summed E-state index contributed by atoms with van der Waals surface area (Å²) in [7, 11) is -3.34. The predicted molar refractivity (Wildman–Crippen MR) is 115 cm³/mol. The minimum Gasteiger partial charge on any atom is -0.484 e. The molecule has 0 saturated carbocycles. The highest BCUT2D eigenvalue weighted by Gasteiger charge is 2.22. The number of hydrogen-bond donors (Lipinski definition) is 0. The second-order valence-corrected chi connectivity index (χ2v) is 9.58. The number of furan rings is 1. The van der Waals surface area contributed by atoms with Crippen LogP contribution in [0.15, 0.2) is 76.2 Å². The monoisotopic (exact) mass is 442 g/mol. The molecule has 0 radical (unpaired) electrons. The van der Waals surface area contributed by atoms with Gasteiger partial charge >= 0.3 is 0 Å². The number of anilines is 1. The number of aromatic nitrogens is 1. The summed E-state index contributed by atoms with van der Waals surface area (Å²) in [6, 6.07) is 17.3. The van der Waals surface area contributed by atoms with E-state index in [0.717, 1.165) is 6.26 Å². The molecule has 7 nitrogen and oxygen atoms in total. The van der Waals surface area contributed by atoms with Crippen molar-refractivity contribution in [3.05, 3.63) is 72.7 Å². The highest BCUT2D eigenvalue weighted by Crippen LogP contribution is 2.31. The van der Waals surface area contributed by atoms with E-state index in [2.05, 4.69) is 4.98 Å². The van der Waals surface area contributed by atoms with E-state index >= 15 is 0 Å². The minimum atomic E-state index is -3.34. The van der Waals surface area contributed by atoms with Gasteiger partial charge in [-0.1, -0.05) is 29.5 Å². The molecule has 0 unspecified atom stereocenters. The summed E-state index contributed by atoms with van der Waals surface area (Å²) in [5, 5.41) is 0.439. The molecule has 2 aromatic carbocycles. The third-order valence-corrected chi connectivity index (χ3v) is 6.46. The van der Waals surface area contributed by atoms with Crippen LogP contribution in [-0.4, -0.2) is 32.2 Å². The first-order valence-corrected chi connectivity index (χ1v) is 11.7. The molecular weight excluding hydrogens is 424 g/mol. The molecule has 0 atom stereocenters. The van der Waals surface area contributed by atoms with Crippen molar-refractivity contribution in [3.63, 3.8) is 0 Å². The maximum atomic E-state index is 13.0. The van der Waals surface area contributed by atoms with Crippen LogP contribution in [0.25, 0.3) is 10.2 Å². The average molecular weight is 443 g/mol. The third-order valence-electron chi connectivity index (χ3n) is 4.31. The Balaban J connectivity index is 1.64. The second-order valence-electron chi connectivity index (χ2n) is 6.56. The molecule has 4 rings (SSSR count). The van der Waals surface area contributed by atoms with Gasteiger partial charge in [0.25, 0.3) is 5.91 Å². The van der Waals surface area contributed by atoms with Crippen LogP contribution >= 0.6 is 11.3 Å². The number of sulfone groups is 1. The first kappa shape index (κ1) is 20.1. The van der Waals surface area contributed by atoms with Crippen molar-refractivity contribution < 1.29 is 22.4 Å². The molecule has 0 N–H and O–H groups in total. The largest absolute Gasteiger partial charge is 0.484 e. The average Bonchev–Trinajstić information content (AvgIpc) is 3.39. The summed E-state index contributed by atoms with van der Waals surface area (Å²) in [6.45, 7) is 0.0119.